The second-order valence-electron chi connectivity index (χ2n) is 4.54. The SMILES string of the molecule is CNC(C)c1ccccc1CC1(F)CC1. The van der Waals surface area contributed by atoms with E-state index in [1.165, 1.54) is 5.56 Å². The van der Waals surface area contributed by atoms with Crippen LogP contribution in [0, 0.1) is 0 Å². The van der Waals surface area contributed by atoms with Gasteiger partial charge >= 0.3 is 0 Å². The van der Waals surface area contributed by atoms with Gasteiger partial charge in [0.05, 0.1) is 0 Å². The number of hydrogen-bond acceptors (Lipinski definition) is 1. The van der Waals surface area contributed by atoms with E-state index in [1.54, 1.807) is 0 Å². The zero-order valence-corrected chi connectivity index (χ0v) is 9.39. The number of halogens is 1. The Kier molecular flexibility index (Phi) is 2.79. The van der Waals surface area contributed by atoms with Gasteiger partial charge in [-0.25, -0.2) is 4.39 Å². The molecule has 1 fully saturated rings. The van der Waals surface area contributed by atoms with Crippen molar-refractivity contribution in [2.24, 2.45) is 0 Å². The molecule has 1 aliphatic rings. The summed E-state index contributed by atoms with van der Waals surface area (Å²) >= 11 is 0. The maximum atomic E-state index is 13.7. The maximum Gasteiger partial charge on any atom is 0.115 e. The number of rotatable bonds is 4. The van der Waals surface area contributed by atoms with Crippen molar-refractivity contribution in [1.29, 1.82) is 0 Å². The fourth-order valence-corrected chi connectivity index (χ4v) is 1.93. The van der Waals surface area contributed by atoms with E-state index in [2.05, 4.69) is 18.3 Å². The zero-order valence-electron chi connectivity index (χ0n) is 9.39. The first-order chi connectivity index (χ1) is 7.14. The summed E-state index contributed by atoms with van der Waals surface area (Å²) in [5.41, 5.74) is 1.48. The van der Waals surface area contributed by atoms with Gasteiger partial charge in [0.25, 0.3) is 0 Å². The predicted octanol–water partition coefficient (Wildman–Crippen LogP) is 3.01. The van der Waals surface area contributed by atoms with E-state index in [9.17, 15) is 4.39 Å². The van der Waals surface area contributed by atoms with Crippen LogP contribution in [0.3, 0.4) is 0 Å². The summed E-state index contributed by atoms with van der Waals surface area (Å²) in [6.45, 7) is 2.11. The lowest BCUT2D eigenvalue weighted by Gasteiger charge is -2.16. The van der Waals surface area contributed by atoms with Crippen molar-refractivity contribution >= 4 is 0 Å². The van der Waals surface area contributed by atoms with Gasteiger partial charge in [0.15, 0.2) is 0 Å². The van der Waals surface area contributed by atoms with Gasteiger partial charge in [-0.3, -0.25) is 0 Å². The molecular weight excluding hydrogens is 189 g/mol. The van der Waals surface area contributed by atoms with Crippen LogP contribution in [0.1, 0.15) is 36.9 Å². The molecule has 82 valence electrons. The Labute approximate surface area is 90.7 Å². The Morgan fingerprint density at radius 1 is 1.40 bits per heavy atom. The van der Waals surface area contributed by atoms with E-state index < -0.39 is 5.67 Å². The minimum atomic E-state index is -0.899. The fraction of sp³-hybridized carbons (Fsp3) is 0.538. The molecule has 2 rings (SSSR count). The summed E-state index contributed by atoms with van der Waals surface area (Å²) in [6.07, 6.45) is 2.04. The van der Waals surface area contributed by atoms with Crippen LogP contribution in [0.5, 0.6) is 0 Å². The van der Waals surface area contributed by atoms with Gasteiger partial charge in [-0.1, -0.05) is 24.3 Å². The molecule has 1 nitrogen and oxygen atoms in total. The molecule has 1 aromatic rings. The Balaban J connectivity index is 2.21. The molecule has 0 spiro atoms. The van der Waals surface area contributed by atoms with Crippen molar-refractivity contribution in [2.45, 2.75) is 37.9 Å². The van der Waals surface area contributed by atoms with Crippen LogP contribution in [-0.4, -0.2) is 12.7 Å². The third-order valence-corrected chi connectivity index (χ3v) is 3.25. The first-order valence-electron chi connectivity index (χ1n) is 5.59. The van der Waals surface area contributed by atoms with Crippen LogP contribution in [0.15, 0.2) is 24.3 Å². The van der Waals surface area contributed by atoms with E-state index >= 15 is 0 Å². The molecule has 0 amide bonds. The highest BCUT2D eigenvalue weighted by atomic mass is 19.1. The second-order valence-corrected chi connectivity index (χ2v) is 4.54. The molecule has 1 aromatic carbocycles. The van der Waals surface area contributed by atoms with Gasteiger partial charge in [0, 0.05) is 12.5 Å². The molecule has 0 bridgehead atoms. The fourth-order valence-electron chi connectivity index (χ4n) is 1.93. The van der Waals surface area contributed by atoms with Gasteiger partial charge in [0.2, 0.25) is 0 Å². The third-order valence-electron chi connectivity index (χ3n) is 3.25. The smallest absolute Gasteiger partial charge is 0.115 e. The molecule has 15 heavy (non-hydrogen) atoms. The minimum absolute atomic E-state index is 0.295. The summed E-state index contributed by atoms with van der Waals surface area (Å²) in [7, 11) is 1.93. The number of alkyl halides is 1. The minimum Gasteiger partial charge on any atom is -0.313 e. The topological polar surface area (TPSA) is 12.0 Å². The zero-order chi connectivity index (χ0) is 10.9. The molecule has 0 aliphatic heterocycles. The summed E-state index contributed by atoms with van der Waals surface area (Å²) in [5.74, 6) is 0. The van der Waals surface area contributed by atoms with Crippen molar-refractivity contribution < 1.29 is 4.39 Å². The second kappa shape index (κ2) is 3.93. The quantitative estimate of drug-likeness (QED) is 0.800. The van der Waals surface area contributed by atoms with Gasteiger partial charge < -0.3 is 5.32 Å². The first kappa shape index (κ1) is 10.6. The van der Waals surface area contributed by atoms with E-state index in [0.29, 0.717) is 12.5 Å². The average molecular weight is 207 g/mol. The molecule has 1 aliphatic carbocycles. The van der Waals surface area contributed by atoms with Crippen LogP contribution in [0.2, 0.25) is 0 Å². The van der Waals surface area contributed by atoms with E-state index in [1.807, 2.05) is 25.2 Å². The van der Waals surface area contributed by atoms with Gasteiger partial charge in [0.1, 0.15) is 5.67 Å². The van der Waals surface area contributed by atoms with Crippen LogP contribution in [0.4, 0.5) is 4.39 Å². The molecule has 0 aromatic heterocycles. The normalized spacial score (nSPS) is 19.9. The summed E-state index contributed by atoms with van der Waals surface area (Å²) < 4.78 is 13.7. The van der Waals surface area contributed by atoms with Crippen molar-refractivity contribution in [3.05, 3.63) is 35.4 Å². The molecule has 2 heteroatoms. The van der Waals surface area contributed by atoms with E-state index in [0.717, 1.165) is 18.4 Å². The monoisotopic (exact) mass is 207 g/mol. The Morgan fingerprint density at radius 3 is 2.67 bits per heavy atom. The highest BCUT2D eigenvalue weighted by molar-refractivity contribution is 5.32. The molecule has 1 unspecified atom stereocenters. The van der Waals surface area contributed by atoms with Gasteiger partial charge in [-0.2, -0.15) is 0 Å². The molecule has 0 radical (unpaired) electrons. The Bertz CT molecular complexity index is 344. The molecule has 1 atom stereocenters. The van der Waals surface area contributed by atoms with Crippen molar-refractivity contribution in [3.8, 4) is 0 Å². The van der Waals surface area contributed by atoms with Crippen LogP contribution >= 0.6 is 0 Å². The Hall–Kier alpha value is -0.890. The summed E-state index contributed by atoms with van der Waals surface area (Å²) in [5, 5.41) is 3.21. The Morgan fingerprint density at radius 2 is 2.07 bits per heavy atom. The van der Waals surface area contributed by atoms with Crippen molar-refractivity contribution in [1.82, 2.24) is 5.32 Å². The highest BCUT2D eigenvalue weighted by Crippen LogP contribution is 2.43. The largest absolute Gasteiger partial charge is 0.313 e. The van der Waals surface area contributed by atoms with Gasteiger partial charge in [-0.15, -0.1) is 0 Å². The molecule has 0 heterocycles. The number of hydrogen-bond donors (Lipinski definition) is 1. The maximum absolute atomic E-state index is 13.7. The van der Waals surface area contributed by atoms with Crippen LogP contribution in [0.25, 0.3) is 0 Å². The van der Waals surface area contributed by atoms with E-state index in [4.69, 9.17) is 0 Å². The third kappa shape index (κ3) is 2.37. The van der Waals surface area contributed by atoms with Crippen LogP contribution < -0.4 is 5.32 Å². The van der Waals surface area contributed by atoms with Gasteiger partial charge in [-0.05, 0) is 37.9 Å². The lowest BCUT2D eigenvalue weighted by Crippen LogP contribution is -2.16. The first-order valence-corrected chi connectivity index (χ1v) is 5.59. The number of benzene rings is 1. The summed E-state index contributed by atoms with van der Waals surface area (Å²) in [6, 6.07) is 8.44. The standard InChI is InChI=1S/C13H18FN/c1-10(15-2)12-6-4-3-5-11(12)9-13(14)7-8-13/h3-6,10,15H,7-9H2,1-2H3. The highest BCUT2D eigenvalue weighted by Gasteiger charge is 2.43. The van der Waals surface area contributed by atoms with Crippen LogP contribution in [-0.2, 0) is 6.42 Å². The lowest BCUT2D eigenvalue weighted by molar-refractivity contribution is 0.307. The molecule has 0 saturated heterocycles. The molecular formula is C13H18FN. The number of nitrogens with one attached hydrogen (secondary N) is 1. The van der Waals surface area contributed by atoms with E-state index in [-0.39, 0.29) is 0 Å². The summed E-state index contributed by atoms with van der Waals surface area (Å²) in [4.78, 5) is 0. The molecule has 1 saturated carbocycles. The van der Waals surface area contributed by atoms with Crippen molar-refractivity contribution in [3.63, 3.8) is 0 Å². The lowest BCUT2D eigenvalue weighted by atomic mass is 9.97. The molecule has 1 N–H and O–H groups in total. The average Bonchev–Trinajstić information content (AvgIpc) is 2.96. The van der Waals surface area contributed by atoms with Crippen molar-refractivity contribution in [2.75, 3.05) is 7.05 Å². The predicted molar refractivity (Wildman–Crippen MR) is 60.7 cm³/mol.